The van der Waals surface area contributed by atoms with Gasteiger partial charge in [0.15, 0.2) is 0 Å². The number of hydrogen-bond donors (Lipinski definition) is 0. The lowest BCUT2D eigenvalue weighted by Crippen LogP contribution is -2.23. The first-order valence-electron chi connectivity index (χ1n) is 8.32. The summed E-state index contributed by atoms with van der Waals surface area (Å²) in [7, 11) is 0. The van der Waals surface area contributed by atoms with Crippen LogP contribution in [0.5, 0.6) is 0 Å². The molecule has 2 aliphatic carbocycles. The zero-order valence-corrected chi connectivity index (χ0v) is 12.8. The molecule has 0 aromatic rings. The molecule has 0 amide bonds. The van der Waals surface area contributed by atoms with Crippen LogP contribution in [0.2, 0.25) is 0 Å². The lowest BCUT2D eigenvalue weighted by atomic mass is 9.69. The largest absolute Gasteiger partial charge is 0.0911 e. The Kier molecular flexibility index (Phi) is 6.20. The van der Waals surface area contributed by atoms with Gasteiger partial charge in [-0.05, 0) is 88.4 Å². The topological polar surface area (TPSA) is 0 Å². The molecule has 0 aliphatic heterocycles. The van der Waals surface area contributed by atoms with Crippen LogP contribution in [0.1, 0.15) is 71.6 Å². The van der Waals surface area contributed by atoms with Crippen molar-refractivity contribution >= 4 is 0 Å². The van der Waals surface area contributed by atoms with Gasteiger partial charge in [0, 0.05) is 0 Å². The first kappa shape index (κ1) is 14.9. The van der Waals surface area contributed by atoms with Gasteiger partial charge >= 0.3 is 0 Å². The monoisotopic (exact) mass is 258 g/mol. The van der Waals surface area contributed by atoms with Crippen LogP contribution in [-0.4, -0.2) is 0 Å². The van der Waals surface area contributed by atoms with Crippen LogP contribution in [0.15, 0.2) is 24.3 Å². The van der Waals surface area contributed by atoms with E-state index in [1.807, 2.05) is 5.92 Å². The Balaban J connectivity index is 1.72. The van der Waals surface area contributed by atoms with Crippen molar-refractivity contribution in [2.45, 2.75) is 71.6 Å². The van der Waals surface area contributed by atoms with Crippen molar-refractivity contribution in [2.24, 2.45) is 11.8 Å². The molecule has 0 bridgehead atoms. The van der Waals surface area contributed by atoms with E-state index in [1.54, 1.807) is 5.92 Å². The van der Waals surface area contributed by atoms with Crippen molar-refractivity contribution in [1.29, 1.82) is 0 Å². The first-order valence-corrected chi connectivity index (χ1v) is 8.32. The van der Waals surface area contributed by atoms with Crippen molar-refractivity contribution in [2.75, 3.05) is 0 Å². The maximum Gasteiger partial charge on any atom is -0.00272 e. The summed E-state index contributed by atoms with van der Waals surface area (Å²) < 4.78 is 0. The average Bonchev–Trinajstić information content (AvgIpc) is 2.47. The maximum atomic E-state index is 2.47. The molecule has 0 N–H and O–H groups in total. The van der Waals surface area contributed by atoms with Crippen LogP contribution < -0.4 is 0 Å². The molecule has 0 aromatic carbocycles. The smallest absolute Gasteiger partial charge is 0.00272 e. The molecular formula is C19H30. The van der Waals surface area contributed by atoms with Crippen molar-refractivity contribution in [3.63, 3.8) is 0 Å². The van der Waals surface area contributed by atoms with Gasteiger partial charge in [-0.3, -0.25) is 0 Å². The Morgan fingerprint density at radius 2 is 1.68 bits per heavy atom. The molecule has 106 valence electrons. The van der Waals surface area contributed by atoms with Gasteiger partial charge in [0.1, 0.15) is 0 Å². The lowest BCUT2D eigenvalue weighted by molar-refractivity contribution is 0.320. The minimum absolute atomic E-state index is 0.873. The van der Waals surface area contributed by atoms with Gasteiger partial charge in [-0.1, -0.05) is 31.2 Å². The Bertz CT molecular complexity index is 283. The van der Waals surface area contributed by atoms with Gasteiger partial charge in [-0.15, -0.1) is 0 Å². The Labute approximate surface area is 120 Å². The fraction of sp³-hybridized carbons (Fsp3) is 0.684. The zero-order chi connectivity index (χ0) is 13.5. The van der Waals surface area contributed by atoms with E-state index in [9.17, 15) is 0 Å². The second-order valence-corrected chi connectivity index (χ2v) is 6.26. The van der Waals surface area contributed by atoms with Gasteiger partial charge in [-0.25, -0.2) is 0 Å². The van der Waals surface area contributed by atoms with Crippen LogP contribution in [0.25, 0.3) is 0 Å². The zero-order valence-electron chi connectivity index (χ0n) is 12.8. The quantitative estimate of drug-likeness (QED) is 0.538. The van der Waals surface area contributed by atoms with Gasteiger partial charge in [0.2, 0.25) is 0 Å². The Morgan fingerprint density at radius 3 is 2.26 bits per heavy atom. The molecule has 2 saturated carbocycles. The molecule has 2 fully saturated rings. The van der Waals surface area contributed by atoms with Gasteiger partial charge in [0.25, 0.3) is 0 Å². The molecule has 2 rings (SSSR count). The molecule has 0 aromatic heterocycles. The van der Waals surface area contributed by atoms with Crippen molar-refractivity contribution < 1.29 is 0 Å². The van der Waals surface area contributed by atoms with E-state index >= 15 is 0 Å². The van der Waals surface area contributed by atoms with Gasteiger partial charge in [-0.2, -0.15) is 0 Å². The SMILES string of the molecule is CC=C[C]1CCC([C]2CCC(C=CCC)CC2)CC1. The second-order valence-electron chi connectivity index (χ2n) is 6.26. The minimum Gasteiger partial charge on any atom is -0.0911 e. The van der Waals surface area contributed by atoms with E-state index in [-0.39, 0.29) is 0 Å². The van der Waals surface area contributed by atoms with E-state index in [1.165, 1.54) is 57.8 Å². The number of allylic oxidation sites excluding steroid dienone is 4. The summed E-state index contributed by atoms with van der Waals surface area (Å²) in [6, 6.07) is 0. The highest BCUT2D eigenvalue weighted by Gasteiger charge is 2.30. The summed E-state index contributed by atoms with van der Waals surface area (Å²) in [4.78, 5) is 0. The summed E-state index contributed by atoms with van der Waals surface area (Å²) in [6.45, 7) is 4.37. The van der Waals surface area contributed by atoms with E-state index in [0.717, 1.165) is 11.8 Å². The van der Waals surface area contributed by atoms with E-state index in [2.05, 4.69) is 38.2 Å². The highest BCUT2D eigenvalue weighted by atomic mass is 14.3. The molecule has 2 aliphatic rings. The molecule has 0 atom stereocenters. The Hall–Kier alpha value is -0.520. The third-order valence-corrected chi connectivity index (χ3v) is 4.92. The molecular weight excluding hydrogens is 228 g/mol. The fourth-order valence-electron chi connectivity index (χ4n) is 3.74. The lowest BCUT2D eigenvalue weighted by Gasteiger charge is -2.36. The van der Waals surface area contributed by atoms with Crippen LogP contribution >= 0.6 is 0 Å². The molecule has 2 radical (unpaired) electrons. The first-order chi connectivity index (χ1) is 9.33. The predicted octanol–water partition coefficient (Wildman–Crippen LogP) is 6.06. The normalized spacial score (nSPS) is 25.8. The summed E-state index contributed by atoms with van der Waals surface area (Å²) in [6.07, 6.45) is 21.7. The molecule has 19 heavy (non-hydrogen) atoms. The summed E-state index contributed by atoms with van der Waals surface area (Å²) >= 11 is 0. The highest BCUT2D eigenvalue weighted by Crippen LogP contribution is 2.43. The van der Waals surface area contributed by atoms with E-state index < -0.39 is 0 Å². The van der Waals surface area contributed by atoms with Gasteiger partial charge < -0.3 is 0 Å². The van der Waals surface area contributed by atoms with Crippen LogP contribution in [0, 0.1) is 23.7 Å². The predicted molar refractivity (Wildman–Crippen MR) is 84.6 cm³/mol. The highest BCUT2D eigenvalue weighted by molar-refractivity contribution is 5.14. The molecule has 0 unspecified atom stereocenters. The molecule has 0 spiro atoms. The minimum atomic E-state index is 0.873. The molecule has 0 heteroatoms. The van der Waals surface area contributed by atoms with Crippen molar-refractivity contribution in [3.05, 3.63) is 36.1 Å². The summed E-state index contributed by atoms with van der Waals surface area (Å²) in [5.74, 6) is 5.40. The molecule has 0 heterocycles. The summed E-state index contributed by atoms with van der Waals surface area (Å²) in [5.41, 5.74) is 0. The van der Waals surface area contributed by atoms with Crippen LogP contribution in [-0.2, 0) is 0 Å². The van der Waals surface area contributed by atoms with Crippen molar-refractivity contribution in [3.8, 4) is 0 Å². The third kappa shape index (κ3) is 4.51. The van der Waals surface area contributed by atoms with Gasteiger partial charge in [0.05, 0.1) is 0 Å². The number of hydrogen-bond acceptors (Lipinski definition) is 0. The molecule has 0 nitrogen and oxygen atoms in total. The maximum absolute atomic E-state index is 2.47. The number of rotatable bonds is 4. The molecule has 0 saturated heterocycles. The fourth-order valence-corrected chi connectivity index (χ4v) is 3.74. The van der Waals surface area contributed by atoms with E-state index in [4.69, 9.17) is 0 Å². The average molecular weight is 258 g/mol. The van der Waals surface area contributed by atoms with Crippen LogP contribution in [0.3, 0.4) is 0 Å². The second kappa shape index (κ2) is 7.92. The van der Waals surface area contributed by atoms with Crippen molar-refractivity contribution in [1.82, 2.24) is 0 Å². The van der Waals surface area contributed by atoms with Crippen LogP contribution in [0.4, 0.5) is 0 Å². The van der Waals surface area contributed by atoms with E-state index in [0.29, 0.717) is 0 Å². The standard InChI is InChI=1S/C19H30/c1-3-5-7-17-10-14-19(15-11-17)18-12-8-16(6-4-2)9-13-18/h4-7,17-18H,3,8-15H2,1-2H3. The third-order valence-electron chi connectivity index (χ3n) is 4.92. The Morgan fingerprint density at radius 1 is 1.00 bits per heavy atom. The summed E-state index contributed by atoms with van der Waals surface area (Å²) in [5, 5.41) is 0.